The predicted octanol–water partition coefficient (Wildman–Crippen LogP) is -0.548. The van der Waals surface area contributed by atoms with Crippen LogP contribution in [-0.4, -0.2) is 85.5 Å². The number of anilines is 2. The highest BCUT2D eigenvalue weighted by Crippen LogP contribution is 2.33. The molecule has 4 heterocycles. The van der Waals surface area contributed by atoms with Gasteiger partial charge in [-0.1, -0.05) is 0 Å². The van der Waals surface area contributed by atoms with Crippen LogP contribution in [0.1, 0.15) is 12.8 Å². The summed E-state index contributed by atoms with van der Waals surface area (Å²) < 4.78 is 28.5. The van der Waals surface area contributed by atoms with Gasteiger partial charge >= 0.3 is 0 Å². The number of alkyl halides is 1. The molecule has 10 nitrogen and oxygen atoms in total. The first-order valence-corrected chi connectivity index (χ1v) is 10.8. The van der Waals surface area contributed by atoms with Gasteiger partial charge in [0.25, 0.3) is 0 Å². The van der Waals surface area contributed by atoms with Crippen molar-refractivity contribution in [1.29, 1.82) is 0 Å². The van der Waals surface area contributed by atoms with Gasteiger partial charge in [0.15, 0.2) is 5.82 Å². The van der Waals surface area contributed by atoms with E-state index in [0.29, 0.717) is 25.9 Å². The topological polar surface area (TPSA) is 119 Å². The number of carbonyl (C=O) groups excluding carboxylic acids is 2. The molecule has 0 bridgehead atoms. The number of hydrogen-bond acceptors (Lipinski definition) is 8. The molecule has 4 atom stereocenters. The summed E-state index contributed by atoms with van der Waals surface area (Å²) in [6.07, 6.45) is 1.46. The Kier molecular flexibility index (Phi) is 6.56. The molecule has 0 aromatic carbocycles. The number of hydrazine groups is 1. The maximum absolute atomic E-state index is 14.8. The van der Waals surface area contributed by atoms with Gasteiger partial charge in [-0.2, -0.15) is 0 Å². The van der Waals surface area contributed by atoms with E-state index in [1.54, 1.807) is 24.0 Å². The number of carbonyl (C=O) groups is 2. The third-order valence-corrected chi connectivity index (χ3v) is 6.36. The number of halogens is 2. The van der Waals surface area contributed by atoms with E-state index in [0.717, 1.165) is 6.20 Å². The standard InChI is InChI=1S/C20H30F2N8O2/c1-28(2)20(32)11-3-5-29(6-4-11)16-13(22)8-24-9-14(16)26-19(31)15-17(23)27-30-10-12(21)7-25-18(15)30/h8-9,11-12,15,17-18,25,27H,3-7,10,23H2,1-2H3,(H,26,31). The van der Waals surface area contributed by atoms with Gasteiger partial charge in [-0.15, -0.1) is 0 Å². The second kappa shape index (κ2) is 9.22. The van der Waals surface area contributed by atoms with Crippen LogP contribution in [-0.2, 0) is 9.59 Å². The van der Waals surface area contributed by atoms with Crippen LogP contribution < -0.4 is 26.7 Å². The van der Waals surface area contributed by atoms with Gasteiger partial charge < -0.3 is 20.9 Å². The number of hydrogen-bond donors (Lipinski definition) is 4. The Bertz CT molecular complexity index is 864. The summed E-state index contributed by atoms with van der Waals surface area (Å²) >= 11 is 0. The van der Waals surface area contributed by atoms with E-state index in [-0.39, 0.29) is 36.3 Å². The molecule has 4 rings (SSSR count). The fraction of sp³-hybridized carbons (Fsp3) is 0.650. The van der Waals surface area contributed by atoms with Gasteiger partial charge in [0, 0.05) is 46.2 Å². The van der Waals surface area contributed by atoms with Crippen LogP contribution in [0.3, 0.4) is 0 Å². The number of nitrogens with two attached hydrogens (primary N) is 1. The molecule has 176 valence electrons. The van der Waals surface area contributed by atoms with Crippen molar-refractivity contribution in [3.63, 3.8) is 0 Å². The minimum absolute atomic E-state index is 0.0659. The SMILES string of the molecule is CN(C)C(=O)C1CCN(c2c(F)cncc2NC(=O)C2C(N)NN3CC(F)CNC23)CC1. The molecule has 1 aromatic rings. The van der Waals surface area contributed by atoms with Crippen molar-refractivity contribution < 1.29 is 18.4 Å². The van der Waals surface area contributed by atoms with Crippen LogP contribution in [0.5, 0.6) is 0 Å². The summed E-state index contributed by atoms with van der Waals surface area (Å²) in [5, 5.41) is 7.38. The fourth-order valence-electron chi connectivity index (χ4n) is 4.75. The zero-order chi connectivity index (χ0) is 23.0. The first-order valence-electron chi connectivity index (χ1n) is 10.8. The molecule has 2 amide bonds. The molecule has 32 heavy (non-hydrogen) atoms. The number of aromatic nitrogens is 1. The number of amides is 2. The second-order valence-electron chi connectivity index (χ2n) is 8.78. The van der Waals surface area contributed by atoms with E-state index in [1.165, 1.54) is 6.20 Å². The van der Waals surface area contributed by atoms with Crippen molar-refractivity contribution in [3.8, 4) is 0 Å². The number of nitrogens with zero attached hydrogens (tertiary/aromatic N) is 4. The molecule has 0 spiro atoms. The Morgan fingerprint density at radius 1 is 1.28 bits per heavy atom. The van der Waals surface area contributed by atoms with Crippen molar-refractivity contribution >= 4 is 23.2 Å². The fourth-order valence-corrected chi connectivity index (χ4v) is 4.75. The lowest BCUT2D eigenvalue weighted by atomic mass is 9.95. The lowest BCUT2D eigenvalue weighted by Crippen LogP contribution is -2.58. The summed E-state index contributed by atoms with van der Waals surface area (Å²) in [5.41, 5.74) is 9.53. The smallest absolute Gasteiger partial charge is 0.233 e. The van der Waals surface area contributed by atoms with E-state index < -0.39 is 36.1 Å². The summed E-state index contributed by atoms with van der Waals surface area (Å²) in [6.45, 7) is 1.22. The molecule has 3 aliphatic rings. The van der Waals surface area contributed by atoms with Crippen molar-refractivity contribution in [2.75, 3.05) is 50.5 Å². The van der Waals surface area contributed by atoms with E-state index in [4.69, 9.17) is 5.73 Å². The molecule has 5 N–H and O–H groups in total. The van der Waals surface area contributed by atoms with Gasteiger partial charge in [-0.3, -0.25) is 19.9 Å². The monoisotopic (exact) mass is 452 g/mol. The van der Waals surface area contributed by atoms with Crippen molar-refractivity contribution in [3.05, 3.63) is 18.2 Å². The van der Waals surface area contributed by atoms with E-state index in [2.05, 4.69) is 21.0 Å². The van der Waals surface area contributed by atoms with Gasteiger partial charge in [-0.25, -0.2) is 19.2 Å². The normalized spacial score (nSPS) is 29.0. The molecule has 0 aliphatic carbocycles. The quantitative estimate of drug-likeness (QED) is 0.481. The molecular weight excluding hydrogens is 422 g/mol. The lowest BCUT2D eigenvalue weighted by Gasteiger charge is -2.35. The molecule has 0 saturated carbocycles. The lowest BCUT2D eigenvalue weighted by molar-refractivity contribution is -0.133. The molecule has 12 heteroatoms. The number of nitrogens with one attached hydrogen (secondary N) is 3. The highest BCUT2D eigenvalue weighted by molar-refractivity contribution is 5.96. The summed E-state index contributed by atoms with van der Waals surface area (Å²) in [6, 6.07) is 0. The predicted molar refractivity (Wildman–Crippen MR) is 114 cm³/mol. The molecular formula is C20H30F2N8O2. The van der Waals surface area contributed by atoms with Gasteiger partial charge in [0.2, 0.25) is 11.8 Å². The third kappa shape index (κ3) is 4.40. The molecule has 3 fully saturated rings. The maximum Gasteiger partial charge on any atom is 0.233 e. The van der Waals surface area contributed by atoms with Crippen LogP contribution >= 0.6 is 0 Å². The van der Waals surface area contributed by atoms with Gasteiger partial charge in [-0.05, 0) is 12.8 Å². The highest BCUT2D eigenvalue weighted by Gasteiger charge is 2.47. The van der Waals surface area contributed by atoms with Crippen LogP contribution in [0.2, 0.25) is 0 Å². The second-order valence-corrected chi connectivity index (χ2v) is 8.78. The minimum Gasteiger partial charge on any atom is -0.367 e. The van der Waals surface area contributed by atoms with Crippen LogP contribution in [0.15, 0.2) is 12.4 Å². The van der Waals surface area contributed by atoms with Crippen molar-refractivity contribution in [2.24, 2.45) is 17.6 Å². The summed E-state index contributed by atoms with van der Waals surface area (Å²) in [4.78, 5) is 32.7. The average Bonchev–Trinajstić information content (AvgIpc) is 3.08. The molecule has 3 saturated heterocycles. The van der Waals surface area contributed by atoms with Crippen molar-refractivity contribution in [2.45, 2.75) is 31.3 Å². The zero-order valence-corrected chi connectivity index (χ0v) is 18.2. The summed E-state index contributed by atoms with van der Waals surface area (Å²) in [7, 11) is 3.45. The van der Waals surface area contributed by atoms with Gasteiger partial charge in [0.1, 0.15) is 11.9 Å². The summed E-state index contributed by atoms with van der Waals surface area (Å²) in [5.74, 6) is -1.70. The highest BCUT2D eigenvalue weighted by atomic mass is 19.1. The molecule has 1 aromatic heterocycles. The first kappa shape index (κ1) is 22.8. The number of pyridine rings is 1. The molecule has 3 aliphatic heterocycles. The van der Waals surface area contributed by atoms with Crippen molar-refractivity contribution in [1.82, 2.24) is 25.6 Å². The Morgan fingerprint density at radius 3 is 2.69 bits per heavy atom. The van der Waals surface area contributed by atoms with Gasteiger partial charge in [0.05, 0.1) is 36.3 Å². The number of piperidine rings is 1. The Balaban J connectivity index is 1.48. The third-order valence-electron chi connectivity index (χ3n) is 6.36. The first-order chi connectivity index (χ1) is 15.3. The van der Waals surface area contributed by atoms with E-state index >= 15 is 0 Å². The largest absolute Gasteiger partial charge is 0.367 e. The average molecular weight is 453 g/mol. The van der Waals surface area contributed by atoms with E-state index in [9.17, 15) is 18.4 Å². The minimum atomic E-state index is -1.06. The number of rotatable bonds is 4. The van der Waals surface area contributed by atoms with Crippen LogP contribution in [0, 0.1) is 17.7 Å². The Hall–Kier alpha value is -2.41. The zero-order valence-electron chi connectivity index (χ0n) is 18.2. The molecule has 0 radical (unpaired) electrons. The molecule has 4 unspecified atom stereocenters. The van der Waals surface area contributed by atoms with Crippen LogP contribution in [0.4, 0.5) is 20.2 Å². The van der Waals surface area contributed by atoms with E-state index in [1.807, 2.05) is 4.90 Å². The Labute approximate surface area is 185 Å². The van der Waals surface area contributed by atoms with Crippen LogP contribution in [0.25, 0.3) is 0 Å². The Morgan fingerprint density at radius 2 is 2.00 bits per heavy atom. The number of fused-ring (bicyclic) bond motifs is 1. The maximum atomic E-state index is 14.8.